The monoisotopic (exact) mass is 261 g/mol. The standard InChI is InChI=1S/C12H24BrN/c1-4-7-14(8-11-5-6-11)10-12(2,3)9-13/h11H,4-10H2,1-3H3. The van der Waals surface area contributed by atoms with Gasteiger partial charge < -0.3 is 4.90 Å². The maximum absolute atomic E-state index is 3.61. The van der Waals surface area contributed by atoms with Crippen LogP contribution in [0.1, 0.15) is 40.0 Å². The van der Waals surface area contributed by atoms with E-state index >= 15 is 0 Å². The van der Waals surface area contributed by atoms with Gasteiger partial charge in [-0.1, -0.05) is 36.7 Å². The van der Waals surface area contributed by atoms with Gasteiger partial charge in [-0.3, -0.25) is 0 Å². The van der Waals surface area contributed by atoms with Crippen molar-refractivity contribution in [3.63, 3.8) is 0 Å². The molecule has 0 unspecified atom stereocenters. The minimum atomic E-state index is 0.421. The van der Waals surface area contributed by atoms with Crippen LogP contribution in [0.25, 0.3) is 0 Å². The van der Waals surface area contributed by atoms with Crippen LogP contribution >= 0.6 is 15.9 Å². The molecule has 0 N–H and O–H groups in total. The van der Waals surface area contributed by atoms with Crippen molar-refractivity contribution < 1.29 is 0 Å². The minimum absolute atomic E-state index is 0.421. The molecule has 1 rings (SSSR count). The maximum atomic E-state index is 3.61. The van der Waals surface area contributed by atoms with E-state index in [1.54, 1.807) is 0 Å². The first-order chi connectivity index (χ1) is 6.57. The summed E-state index contributed by atoms with van der Waals surface area (Å²) in [5.74, 6) is 1.02. The van der Waals surface area contributed by atoms with Crippen molar-refractivity contribution >= 4 is 15.9 Å². The Morgan fingerprint density at radius 3 is 2.43 bits per heavy atom. The van der Waals surface area contributed by atoms with Crippen molar-refractivity contribution in [3.05, 3.63) is 0 Å². The fourth-order valence-corrected chi connectivity index (χ4v) is 2.04. The van der Waals surface area contributed by atoms with Crippen molar-refractivity contribution in [3.8, 4) is 0 Å². The summed E-state index contributed by atoms with van der Waals surface area (Å²) < 4.78 is 0. The zero-order valence-corrected chi connectivity index (χ0v) is 11.4. The van der Waals surface area contributed by atoms with Crippen LogP contribution in [0, 0.1) is 11.3 Å². The average molecular weight is 262 g/mol. The Labute approximate surface area is 97.4 Å². The van der Waals surface area contributed by atoms with Crippen LogP contribution < -0.4 is 0 Å². The number of alkyl halides is 1. The van der Waals surface area contributed by atoms with Crippen LogP contribution in [0.2, 0.25) is 0 Å². The molecule has 0 amide bonds. The highest BCUT2D eigenvalue weighted by Gasteiger charge is 2.27. The third-order valence-electron chi connectivity index (χ3n) is 2.77. The molecule has 1 saturated carbocycles. The lowest BCUT2D eigenvalue weighted by molar-refractivity contribution is 0.188. The molecule has 84 valence electrons. The van der Waals surface area contributed by atoms with Gasteiger partial charge in [0.1, 0.15) is 0 Å². The van der Waals surface area contributed by atoms with E-state index in [1.807, 2.05) is 0 Å². The lowest BCUT2D eigenvalue weighted by Gasteiger charge is -2.31. The normalized spacial score (nSPS) is 17.8. The molecule has 1 fully saturated rings. The summed E-state index contributed by atoms with van der Waals surface area (Å²) in [4.78, 5) is 2.65. The molecule has 0 aliphatic heterocycles. The second kappa shape index (κ2) is 5.50. The number of nitrogens with zero attached hydrogens (tertiary/aromatic N) is 1. The second-order valence-electron chi connectivity index (χ2n) is 5.48. The van der Waals surface area contributed by atoms with Gasteiger partial charge in [-0.2, -0.15) is 0 Å². The van der Waals surface area contributed by atoms with E-state index in [0.717, 1.165) is 11.2 Å². The van der Waals surface area contributed by atoms with Crippen LogP contribution in [0.5, 0.6) is 0 Å². The summed E-state index contributed by atoms with van der Waals surface area (Å²) >= 11 is 3.61. The molecule has 1 aliphatic rings. The predicted molar refractivity (Wildman–Crippen MR) is 67.0 cm³/mol. The first kappa shape index (κ1) is 12.5. The van der Waals surface area contributed by atoms with E-state index < -0.39 is 0 Å². The van der Waals surface area contributed by atoms with Gasteiger partial charge in [0.2, 0.25) is 0 Å². The van der Waals surface area contributed by atoms with Crippen LogP contribution in [0.4, 0.5) is 0 Å². The first-order valence-electron chi connectivity index (χ1n) is 5.85. The maximum Gasteiger partial charge on any atom is 0.00949 e. The summed E-state index contributed by atoms with van der Waals surface area (Å²) in [6, 6.07) is 0. The van der Waals surface area contributed by atoms with Gasteiger partial charge in [-0.05, 0) is 37.1 Å². The molecule has 0 atom stereocenters. The topological polar surface area (TPSA) is 3.24 Å². The number of halogens is 1. The van der Waals surface area contributed by atoms with Crippen molar-refractivity contribution in [1.82, 2.24) is 4.90 Å². The SMILES string of the molecule is CCCN(CC1CC1)CC(C)(C)CBr. The largest absolute Gasteiger partial charge is 0.303 e. The third kappa shape index (κ3) is 4.79. The van der Waals surface area contributed by atoms with E-state index in [2.05, 4.69) is 41.6 Å². The zero-order chi connectivity index (χ0) is 10.6. The van der Waals surface area contributed by atoms with Gasteiger partial charge in [-0.25, -0.2) is 0 Å². The molecule has 1 aliphatic carbocycles. The molecule has 0 bridgehead atoms. The predicted octanol–water partition coefficient (Wildman–Crippen LogP) is 3.53. The Kier molecular flexibility index (Phi) is 4.92. The van der Waals surface area contributed by atoms with Gasteiger partial charge in [-0.15, -0.1) is 0 Å². The Balaban J connectivity index is 2.32. The molecule has 2 heteroatoms. The number of hydrogen-bond donors (Lipinski definition) is 0. The van der Waals surface area contributed by atoms with Crippen LogP contribution in [0.15, 0.2) is 0 Å². The highest BCUT2D eigenvalue weighted by Crippen LogP contribution is 2.31. The Morgan fingerprint density at radius 1 is 1.36 bits per heavy atom. The Hall–Kier alpha value is 0.440. The highest BCUT2D eigenvalue weighted by molar-refractivity contribution is 9.09. The first-order valence-corrected chi connectivity index (χ1v) is 6.98. The van der Waals surface area contributed by atoms with E-state index in [1.165, 1.54) is 38.9 Å². The van der Waals surface area contributed by atoms with Crippen molar-refractivity contribution in [2.75, 3.05) is 25.0 Å². The summed E-state index contributed by atoms with van der Waals surface area (Å²) in [6.07, 6.45) is 4.22. The quantitative estimate of drug-likeness (QED) is 0.634. The molecule has 1 nitrogen and oxygen atoms in total. The van der Waals surface area contributed by atoms with Gasteiger partial charge in [0, 0.05) is 18.4 Å². The fraction of sp³-hybridized carbons (Fsp3) is 1.00. The van der Waals surface area contributed by atoms with Gasteiger partial charge in [0.05, 0.1) is 0 Å². The summed E-state index contributed by atoms with van der Waals surface area (Å²) in [7, 11) is 0. The molecule has 0 aromatic rings. The third-order valence-corrected chi connectivity index (χ3v) is 4.28. The van der Waals surface area contributed by atoms with Crippen LogP contribution in [-0.4, -0.2) is 29.9 Å². The molecule has 0 aromatic carbocycles. The van der Waals surface area contributed by atoms with Crippen molar-refractivity contribution in [1.29, 1.82) is 0 Å². The number of rotatable bonds is 7. The smallest absolute Gasteiger partial charge is 0.00949 e. The Morgan fingerprint density at radius 2 is 2.00 bits per heavy atom. The molecule has 0 saturated heterocycles. The van der Waals surface area contributed by atoms with E-state index in [-0.39, 0.29) is 0 Å². The molecule has 0 radical (unpaired) electrons. The summed E-state index contributed by atoms with van der Waals surface area (Å²) in [5, 5.41) is 1.10. The van der Waals surface area contributed by atoms with Gasteiger partial charge >= 0.3 is 0 Å². The van der Waals surface area contributed by atoms with Crippen LogP contribution in [-0.2, 0) is 0 Å². The molecular weight excluding hydrogens is 238 g/mol. The van der Waals surface area contributed by atoms with E-state index in [4.69, 9.17) is 0 Å². The zero-order valence-electron chi connectivity index (χ0n) is 9.85. The minimum Gasteiger partial charge on any atom is -0.303 e. The molecule has 0 spiro atoms. The van der Waals surface area contributed by atoms with E-state index in [9.17, 15) is 0 Å². The van der Waals surface area contributed by atoms with Gasteiger partial charge in [0.15, 0.2) is 0 Å². The van der Waals surface area contributed by atoms with Crippen molar-refractivity contribution in [2.45, 2.75) is 40.0 Å². The highest BCUT2D eigenvalue weighted by atomic mass is 79.9. The lowest BCUT2D eigenvalue weighted by atomic mass is 9.95. The summed E-state index contributed by atoms with van der Waals surface area (Å²) in [6.45, 7) is 10.8. The lowest BCUT2D eigenvalue weighted by Crippen LogP contribution is -2.37. The molecule has 14 heavy (non-hydrogen) atoms. The summed E-state index contributed by atoms with van der Waals surface area (Å²) in [5.41, 5.74) is 0.421. The molecule has 0 aromatic heterocycles. The van der Waals surface area contributed by atoms with E-state index in [0.29, 0.717) is 5.41 Å². The Bertz CT molecular complexity index is 164. The average Bonchev–Trinajstić information content (AvgIpc) is 2.88. The van der Waals surface area contributed by atoms with Gasteiger partial charge in [0.25, 0.3) is 0 Å². The second-order valence-corrected chi connectivity index (χ2v) is 6.04. The number of hydrogen-bond acceptors (Lipinski definition) is 1. The molecule has 0 heterocycles. The molecular formula is C12H24BrN. The van der Waals surface area contributed by atoms with Crippen LogP contribution in [0.3, 0.4) is 0 Å². The van der Waals surface area contributed by atoms with Crippen molar-refractivity contribution in [2.24, 2.45) is 11.3 Å². The fourth-order valence-electron chi connectivity index (χ4n) is 1.86.